The summed E-state index contributed by atoms with van der Waals surface area (Å²) in [4.78, 5) is 12.1. The Balaban J connectivity index is 2.27. The molecular weight excluding hydrogens is 216 g/mol. The summed E-state index contributed by atoms with van der Waals surface area (Å²) in [6.45, 7) is 5.95. The average Bonchev–Trinajstić information content (AvgIpc) is 2.22. The number of hydrogen-bond acceptors (Lipinski definition) is 2. The third-order valence-corrected chi connectivity index (χ3v) is 3.75. The van der Waals surface area contributed by atoms with Gasteiger partial charge in [-0.15, -0.1) is 11.8 Å². The molecule has 1 aromatic carbocycles. The van der Waals surface area contributed by atoms with Crippen LogP contribution in [-0.4, -0.2) is 11.5 Å². The Bertz CT molecular complexity index is 358. The quantitative estimate of drug-likeness (QED) is 0.545. The Labute approximate surface area is 103 Å². The number of rotatable bonds is 6. The smallest absolute Gasteiger partial charge is 0.129 e. The minimum absolute atomic E-state index is 0.302. The summed E-state index contributed by atoms with van der Waals surface area (Å²) >= 11 is 1.88. The van der Waals surface area contributed by atoms with Crippen LogP contribution in [0.25, 0.3) is 0 Å². The highest BCUT2D eigenvalue weighted by Crippen LogP contribution is 2.22. The van der Waals surface area contributed by atoms with Gasteiger partial charge in [0.2, 0.25) is 0 Å². The predicted molar refractivity (Wildman–Crippen MR) is 71.2 cm³/mol. The Morgan fingerprint density at radius 3 is 2.56 bits per heavy atom. The van der Waals surface area contributed by atoms with Crippen molar-refractivity contribution in [3.05, 3.63) is 29.3 Å². The molecule has 88 valence electrons. The zero-order valence-electron chi connectivity index (χ0n) is 10.4. The summed E-state index contributed by atoms with van der Waals surface area (Å²) in [5.41, 5.74) is 2.70. The van der Waals surface area contributed by atoms with E-state index in [1.807, 2.05) is 11.8 Å². The fourth-order valence-electron chi connectivity index (χ4n) is 1.47. The first-order valence-electron chi connectivity index (χ1n) is 5.79. The molecule has 0 unspecified atom stereocenters. The molecule has 16 heavy (non-hydrogen) atoms. The van der Waals surface area contributed by atoms with Gasteiger partial charge in [0, 0.05) is 11.3 Å². The Morgan fingerprint density at radius 2 is 1.94 bits per heavy atom. The van der Waals surface area contributed by atoms with E-state index < -0.39 is 0 Å². The van der Waals surface area contributed by atoms with Crippen molar-refractivity contribution < 1.29 is 4.79 Å². The molecule has 0 aliphatic heterocycles. The van der Waals surface area contributed by atoms with Crippen LogP contribution in [-0.2, 0) is 4.79 Å². The van der Waals surface area contributed by atoms with E-state index in [4.69, 9.17) is 0 Å². The van der Waals surface area contributed by atoms with Crippen molar-refractivity contribution in [1.29, 1.82) is 0 Å². The Kier molecular flexibility index (Phi) is 5.61. The van der Waals surface area contributed by atoms with Gasteiger partial charge in [-0.2, -0.15) is 0 Å². The van der Waals surface area contributed by atoms with E-state index >= 15 is 0 Å². The minimum atomic E-state index is 0.302. The summed E-state index contributed by atoms with van der Waals surface area (Å²) in [7, 11) is 0. The zero-order valence-corrected chi connectivity index (χ0v) is 11.2. The predicted octanol–water partition coefficient (Wildman–Crippen LogP) is 4.15. The number of benzene rings is 1. The van der Waals surface area contributed by atoms with Gasteiger partial charge in [-0.1, -0.05) is 6.07 Å². The van der Waals surface area contributed by atoms with Crippen molar-refractivity contribution in [2.24, 2.45) is 0 Å². The van der Waals surface area contributed by atoms with Crippen molar-refractivity contribution in [2.75, 3.05) is 5.75 Å². The first-order chi connectivity index (χ1) is 7.59. The number of hydrogen-bond donors (Lipinski definition) is 0. The van der Waals surface area contributed by atoms with Crippen LogP contribution in [0.5, 0.6) is 0 Å². The summed E-state index contributed by atoms with van der Waals surface area (Å²) in [6, 6.07) is 6.59. The van der Waals surface area contributed by atoms with E-state index in [1.165, 1.54) is 16.0 Å². The molecule has 0 radical (unpaired) electrons. The second-order valence-corrected chi connectivity index (χ2v) is 5.42. The van der Waals surface area contributed by atoms with Gasteiger partial charge >= 0.3 is 0 Å². The molecule has 0 aliphatic rings. The molecule has 1 rings (SSSR count). The van der Waals surface area contributed by atoms with Gasteiger partial charge < -0.3 is 4.79 Å². The summed E-state index contributed by atoms with van der Waals surface area (Å²) < 4.78 is 0. The van der Waals surface area contributed by atoms with E-state index in [2.05, 4.69) is 32.0 Å². The fourth-order valence-corrected chi connectivity index (χ4v) is 2.48. The number of unbranched alkanes of at least 4 members (excludes halogenated alkanes) is 1. The van der Waals surface area contributed by atoms with Crippen LogP contribution in [0, 0.1) is 13.8 Å². The molecule has 0 saturated heterocycles. The highest BCUT2D eigenvalue weighted by Gasteiger charge is 1.98. The number of carbonyl (C=O) groups excluding carboxylic acids is 1. The lowest BCUT2D eigenvalue weighted by Gasteiger charge is -2.04. The van der Waals surface area contributed by atoms with Gasteiger partial charge in [0.25, 0.3) is 0 Å². The second kappa shape index (κ2) is 6.74. The lowest BCUT2D eigenvalue weighted by atomic mass is 10.1. The molecule has 0 atom stereocenters. The maximum atomic E-state index is 10.8. The lowest BCUT2D eigenvalue weighted by Crippen LogP contribution is -1.90. The minimum Gasteiger partial charge on any atom is -0.300 e. The van der Waals surface area contributed by atoms with E-state index in [-0.39, 0.29) is 0 Å². The third-order valence-electron chi connectivity index (χ3n) is 2.67. The van der Waals surface area contributed by atoms with Crippen LogP contribution in [0.2, 0.25) is 0 Å². The van der Waals surface area contributed by atoms with Crippen molar-refractivity contribution in [3.63, 3.8) is 0 Å². The highest BCUT2D eigenvalue weighted by atomic mass is 32.2. The summed E-state index contributed by atoms with van der Waals surface area (Å²) in [5.74, 6) is 1.41. The van der Waals surface area contributed by atoms with Crippen LogP contribution in [0.15, 0.2) is 23.1 Å². The zero-order chi connectivity index (χ0) is 12.0. The molecule has 0 saturated carbocycles. The van der Waals surface area contributed by atoms with E-state index in [0.29, 0.717) is 5.78 Å². The molecule has 0 heterocycles. The third kappa shape index (κ3) is 4.84. The second-order valence-electron chi connectivity index (χ2n) is 4.25. The van der Waals surface area contributed by atoms with Crippen LogP contribution >= 0.6 is 11.8 Å². The van der Waals surface area contributed by atoms with Crippen LogP contribution in [0.1, 0.15) is 37.3 Å². The van der Waals surface area contributed by atoms with Crippen molar-refractivity contribution >= 4 is 17.5 Å². The molecule has 0 spiro atoms. The molecular formula is C14H20OS. The maximum absolute atomic E-state index is 10.8. The number of Topliss-reactive ketones (excluding diaryl/α,β-unsaturated/α-hetero) is 1. The number of thioether (sulfide) groups is 1. The lowest BCUT2D eigenvalue weighted by molar-refractivity contribution is -0.117. The van der Waals surface area contributed by atoms with Crippen LogP contribution < -0.4 is 0 Å². The van der Waals surface area contributed by atoms with Gasteiger partial charge in [0.1, 0.15) is 5.78 Å². The van der Waals surface area contributed by atoms with Crippen molar-refractivity contribution in [2.45, 2.75) is 44.9 Å². The number of carbonyl (C=O) groups is 1. The highest BCUT2D eigenvalue weighted by molar-refractivity contribution is 7.99. The normalized spacial score (nSPS) is 10.4. The summed E-state index contributed by atoms with van der Waals surface area (Å²) in [5, 5.41) is 0. The van der Waals surface area contributed by atoms with E-state index in [0.717, 1.165) is 25.0 Å². The molecule has 0 N–H and O–H groups in total. The van der Waals surface area contributed by atoms with Gasteiger partial charge in [-0.05, 0) is 62.6 Å². The van der Waals surface area contributed by atoms with E-state index in [9.17, 15) is 4.79 Å². The number of ketones is 1. The standard InChI is InChI=1S/C14H20OS/c1-11-7-8-14(10-12(11)2)16-9-5-4-6-13(3)15/h7-8,10H,4-6,9H2,1-3H3. The number of aryl methyl sites for hydroxylation is 2. The van der Waals surface area contributed by atoms with E-state index in [1.54, 1.807) is 6.92 Å². The Morgan fingerprint density at radius 1 is 1.19 bits per heavy atom. The molecule has 1 aromatic rings. The molecule has 0 amide bonds. The topological polar surface area (TPSA) is 17.1 Å². The van der Waals surface area contributed by atoms with Gasteiger partial charge in [-0.25, -0.2) is 0 Å². The Hall–Kier alpha value is -0.760. The molecule has 0 bridgehead atoms. The van der Waals surface area contributed by atoms with Crippen LogP contribution in [0.4, 0.5) is 0 Å². The van der Waals surface area contributed by atoms with Gasteiger partial charge in [0.05, 0.1) is 0 Å². The molecule has 0 aromatic heterocycles. The first-order valence-corrected chi connectivity index (χ1v) is 6.77. The molecule has 0 aliphatic carbocycles. The SMILES string of the molecule is CC(=O)CCCCSc1ccc(C)c(C)c1. The van der Waals surface area contributed by atoms with Crippen molar-refractivity contribution in [3.8, 4) is 0 Å². The van der Waals surface area contributed by atoms with Gasteiger partial charge in [0.15, 0.2) is 0 Å². The first kappa shape index (κ1) is 13.3. The average molecular weight is 236 g/mol. The molecule has 0 fully saturated rings. The summed E-state index contributed by atoms with van der Waals surface area (Å²) in [6.07, 6.45) is 2.87. The van der Waals surface area contributed by atoms with Crippen molar-refractivity contribution in [1.82, 2.24) is 0 Å². The fraction of sp³-hybridized carbons (Fsp3) is 0.500. The molecule has 2 heteroatoms. The molecule has 1 nitrogen and oxygen atoms in total. The monoisotopic (exact) mass is 236 g/mol. The van der Waals surface area contributed by atoms with Gasteiger partial charge in [-0.3, -0.25) is 0 Å². The maximum Gasteiger partial charge on any atom is 0.129 e. The largest absolute Gasteiger partial charge is 0.300 e. The van der Waals surface area contributed by atoms with Crippen LogP contribution in [0.3, 0.4) is 0 Å².